The molecule has 0 aliphatic carbocycles. The van der Waals surface area contributed by atoms with Crippen LogP contribution in [0, 0.1) is 0 Å². The monoisotopic (exact) mass is 321 g/mol. The van der Waals surface area contributed by atoms with Crippen molar-refractivity contribution in [2.24, 2.45) is 0 Å². The number of hydrogen-bond donors (Lipinski definition) is 1. The van der Waals surface area contributed by atoms with Crippen LogP contribution in [-0.2, 0) is 0 Å². The number of methoxy groups -OCH3 is 3. The first-order valence-electron chi connectivity index (χ1n) is 7.53. The second-order valence-corrected chi connectivity index (χ2v) is 5.09. The van der Waals surface area contributed by atoms with Crippen LogP contribution in [0.4, 0.5) is 0 Å². The summed E-state index contributed by atoms with van der Waals surface area (Å²) in [4.78, 5) is 2.14. The molecule has 0 fully saturated rings. The zero-order valence-electron chi connectivity index (χ0n) is 14.2. The Morgan fingerprint density at radius 2 is 1.57 bits per heavy atom. The van der Waals surface area contributed by atoms with Gasteiger partial charge in [0.05, 0.1) is 33.0 Å². The molecule has 1 atom stereocenters. The van der Waals surface area contributed by atoms with E-state index in [1.54, 1.807) is 33.5 Å². The fraction of sp³-hybridized carbons (Fsp3) is 0.444. The van der Waals surface area contributed by atoms with Gasteiger partial charge in [0.25, 0.3) is 0 Å². The van der Waals surface area contributed by atoms with Gasteiger partial charge in [0.2, 0.25) is 0 Å². The number of aliphatic hydroxyl groups excluding tert-OH is 1. The molecule has 5 nitrogen and oxygen atoms in total. The van der Waals surface area contributed by atoms with Crippen LogP contribution in [0.2, 0.25) is 0 Å². The normalized spacial score (nSPS) is 11.9. The van der Waals surface area contributed by atoms with Gasteiger partial charge in [-0.25, -0.2) is 0 Å². The lowest BCUT2D eigenvalue weighted by molar-refractivity contribution is 0.141. The highest BCUT2D eigenvalue weighted by molar-refractivity contribution is 5.51. The Hall–Kier alpha value is -1.98. The van der Waals surface area contributed by atoms with E-state index in [4.69, 9.17) is 14.2 Å². The first kappa shape index (κ1) is 19.1. The number of benzene rings is 1. The molecule has 0 aliphatic rings. The third-order valence-corrected chi connectivity index (χ3v) is 3.58. The van der Waals surface area contributed by atoms with Crippen LogP contribution in [0.1, 0.15) is 18.1 Å². The summed E-state index contributed by atoms with van der Waals surface area (Å²) in [5.41, 5.74) is 0.632. The molecule has 5 heteroatoms. The average Bonchev–Trinajstić information content (AvgIpc) is 2.58. The van der Waals surface area contributed by atoms with Crippen molar-refractivity contribution in [3.8, 4) is 17.2 Å². The largest absolute Gasteiger partial charge is 0.496 e. The predicted molar refractivity (Wildman–Crippen MR) is 92.5 cm³/mol. The van der Waals surface area contributed by atoms with Gasteiger partial charge in [-0.15, -0.1) is 13.2 Å². The van der Waals surface area contributed by atoms with Crippen LogP contribution >= 0.6 is 0 Å². The molecule has 1 aromatic rings. The Labute approximate surface area is 138 Å². The summed E-state index contributed by atoms with van der Waals surface area (Å²) >= 11 is 0. The molecule has 0 heterocycles. The highest BCUT2D eigenvalue weighted by atomic mass is 16.5. The first-order valence-corrected chi connectivity index (χ1v) is 7.53. The molecule has 0 amide bonds. The van der Waals surface area contributed by atoms with E-state index in [0.29, 0.717) is 35.8 Å². The Bertz CT molecular complexity index is 481. The minimum Gasteiger partial charge on any atom is -0.496 e. The molecule has 1 aromatic carbocycles. The molecule has 0 bridgehead atoms. The van der Waals surface area contributed by atoms with E-state index in [2.05, 4.69) is 18.1 Å². The second-order valence-electron chi connectivity index (χ2n) is 5.09. The smallest absolute Gasteiger partial charge is 0.132 e. The van der Waals surface area contributed by atoms with Gasteiger partial charge in [0.1, 0.15) is 17.2 Å². The molecule has 0 aliphatic heterocycles. The van der Waals surface area contributed by atoms with Gasteiger partial charge in [-0.1, -0.05) is 12.2 Å². The van der Waals surface area contributed by atoms with E-state index in [-0.39, 0.29) is 0 Å². The molecular formula is C18H27NO4. The third-order valence-electron chi connectivity index (χ3n) is 3.58. The summed E-state index contributed by atoms with van der Waals surface area (Å²) in [6, 6.07) is 3.48. The topological polar surface area (TPSA) is 51.2 Å². The first-order chi connectivity index (χ1) is 11.1. The van der Waals surface area contributed by atoms with Gasteiger partial charge < -0.3 is 19.3 Å². The van der Waals surface area contributed by atoms with E-state index < -0.39 is 6.10 Å². The second kappa shape index (κ2) is 9.92. The van der Waals surface area contributed by atoms with E-state index in [0.717, 1.165) is 13.1 Å². The van der Waals surface area contributed by atoms with Gasteiger partial charge in [-0.2, -0.15) is 0 Å². The molecule has 23 heavy (non-hydrogen) atoms. The van der Waals surface area contributed by atoms with Gasteiger partial charge >= 0.3 is 0 Å². The lowest BCUT2D eigenvalue weighted by Crippen LogP contribution is -2.26. The average molecular weight is 321 g/mol. The molecule has 1 N–H and O–H groups in total. The quantitative estimate of drug-likeness (QED) is 0.635. The van der Waals surface area contributed by atoms with Crippen LogP contribution in [0.3, 0.4) is 0 Å². The number of ether oxygens (including phenoxy) is 3. The number of aliphatic hydroxyl groups is 1. The third kappa shape index (κ3) is 5.30. The lowest BCUT2D eigenvalue weighted by atomic mass is 10.0. The Balaban J connectivity index is 2.95. The Kier molecular flexibility index (Phi) is 8.22. The molecule has 0 saturated heterocycles. The zero-order valence-corrected chi connectivity index (χ0v) is 14.2. The number of nitrogens with zero attached hydrogens (tertiary/aromatic N) is 1. The minimum absolute atomic E-state index is 0.542. The van der Waals surface area contributed by atoms with Crippen LogP contribution in [0.25, 0.3) is 0 Å². The summed E-state index contributed by atoms with van der Waals surface area (Å²) in [6.45, 7) is 9.70. The lowest BCUT2D eigenvalue weighted by Gasteiger charge is -2.23. The highest BCUT2D eigenvalue weighted by Crippen LogP contribution is 2.39. The number of hydrogen-bond acceptors (Lipinski definition) is 5. The van der Waals surface area contributed by atoms with E-state index >= 15 is 0 Å². The van der Waals surface area contributed by atoms with Crippen molar-refractivity contribution < 1.29 is 19.3 Å². The van der Waals surface area contributed by atoms with Crippen molar-refractivity contribution in [3.63, 3.8) is 0 Å². The molecule has 0 aromatic heterocycles. The van der Waals surface area contributed by atoms with Crippen molar-refractivity contribution in [2.75, 3.05) is 41.0 Å². The van der Waals surface area contributed by atoms with Crippen molar-refractivity contribution in [3.05, 3.63) is 43.0 Å². The molecule has 1 rings (SSSR count). The number of rotatable bonds is 11. The Morgan fingerprint density at radius 1 is 1.04 bits per heavy atom. The maximum atomic E-state index is 10.6. The molecule has 0 spiro atoms. The maximum absolute atomic E-state index is 10.6. The van der Waals surface area contributed by atoms with E-state index in [1.807, 2.05) is 12.2 Å². The van der Waals surface area contributed by atoms with Crippen molar-refractivity contribution in [1.82, 2.24) is 4.90 Å². The van der Waals surface area contributed by atoms with Gasteiger partial charge in [-0.3, -0.25) is 4.90 Å². The van der Waals surface area contributed by atoms with E-state index in [1.165, 1.54) is 0 Å². The Morgan fingerprint density at radius 3 is 1.96 bits per heavy atom. The minimum atomic E-state index is -0.706. The fourth-order valence-corrected chi connectivity index (χ4v) is 2.43. The van der Waals surface area contributed by atoms with Crippen molar-refractivity contribution in [2.45, 2.75) is 12.5 Å². The predicted octanol–water partition coefficient (Wildman–Crippen LogP) is 2.81. The van der Waals surface area contributed by atoms with Crippen molar-refractivity contribution in [1.29, 1.82) is 0 Å². The summed E-state index contributed by atoms with van der Waals surface area (Å²) < 4.78 is 16.0. The maximum Gasteiger partial charge on any atom is 0.132 e. The zero-order chi connectivity index (χ0) is 17.2. The SMILES string of the molecule is C=CCN(CC=C)CCC(O)c1c(OC)cc(OC)cc1OC. The molecule has 1 unspecified atom stereocenters. The van der Waals surface area contributed by atoms with Gasteiger partial charge in [0, 0.05) is 31.8 Å². The summed E-state index contributed by atoms with van der Waals surface area (Å²) in [5, 5.41) is 10.6. The summed E-state index contributed by atoms with van der Waals surface area (Å²) in [6.07, 6.45) is 3.51. The molecular weight excluding hydrogens is 294 g/mol. The molecule has 0 radical (unpaired) electrons. The summed E-state index contributed by atoms with van der Waals surface area (Å²) in [5.74, 6) is 1.72. The van der Waals surface area contributed by atoms with Crippen molar-refractivity contribution >= 4 is 0 Å². The standard InChI is InChI=1S/C18H27NO4/c1-6-9-19(10-7-2)11-8-15(20)18-16(22-4)12-14(21-3)13-17(18)23-5/h6-7,12-13,15,20H,1-2,8-11H2,3-5H3. The van der Waals surface area contributed by atoms with Crippen LogP contribution < -0.4 is 14.2 Å². The summed E-state index contributed by atoms with van der Waals surface area (Å²) in [7, 11) is 4.70. The highest BCUT2D eigenvalue weighted by Gasteiger charge is 2.21. The van der Waals surface area contributed by atoms with E-state index in [9.17, 15) is 5.11 Å². The van der Waals surface area contributed by atoms with Gasteiger partial charge in [0.15, 0.2) is 0 Å². The fourth-order valence-electron chi connectivity index (χ4n) is 2.43. The molecule has 128 valence electrons. The molecule has 0 saturated carbocycles. The van der Waals surface area contributed by atoms with Crippen LogP contribution in [-0.4, -0.2) is 51.0 Å². The van der Waals surface area contributed by atoms with Crippen LogP contribution in [0.15, 0.2) is 37.4 Å². The van der Waals surface area contributed by atoms with Crippen LogP contribution in [0.5, 0.6) is 17.2 Å². The van der Waals surface area contributed by atoms with Gasteiger partial charge in [-0.05, 0) is 6.42 Å².